The number of hydrogen-bond donors (Lipinski definition) is 1. The average molecular weight is 439 g/mol. The lowest BCUT2D eigenvalue weighted by molar-refractivity contribution is -0.170. The van der Waals surface area contributed by atoms with Crippen LogP contribution in [-0.4, -0.2) is 22.8 Å². The van der Waals surface area contributed by atoms with Gasteiger partial charge in [-0.2, -0.15) is 0 Å². The number of aliphatic hydroxyl groups is 1. The Morgan fingerprint density at radius 2 is 1.75 bits per heavy atom. The van der Waals surface area contributed by atoms with Crippen LogP contribution in [0.3, 0.4) is 0 Å². The number of benzene rings is 1. The fraction of sp³-hybridized carbons (Fsp3) is 0.759. The number of aryl methyl sites for hydroxylation is 1. The van der Waals surface area contributed by atoms with Crippen LogP contribution in [0.2, 0.25) is 0 Å². The highest BCUT2D eigenvalue weighted by Crippen LogP contribution is 2.68. The summed E-state index contributed by atoms with van der Waals surface area (Å²) in [4.78, 5) is 11.5. The molecular weight excluding hydrogens is 396 g/mol. The average Bonchev–Trinajstić information content (AvgIpc) is 3.04. The van der Waals surface area contributed by atoms with Gasteiger partial charge < -0.3 is 9.84 Å². The van der Waals surface area contributed by atoms with Crippen LogP contribution >= 0.6 is 0 Å². The van der Waals surface area contributed by atoms with Gasteiger partial charge in [0.1, 0.15) is 6.10 Å². The lowest BCUT2D eigenvalue weighted by atomic mass is 9.44. The Kier molecular flexibility index (Phi) is 5.72. The molecule has 3 nitrogen and oxygen atoms in total. The van der Waals surface area contributed by atoms with E-state index in [4.69, 9.17) is 4.74 Å². The predicted molar refractivity (Wildman–Crippen MR) is 127 cm³/mol. The molecule has 4 aliphatic rings. The molecular formula is C29H42O3. The minimum Gasteiger partial charge on any atom is -0.463 e. The second-order valence-electron chi connectivity index (χ2n) is 12.2. The van der Waals surface area contributed by atoms with Crippen molar-refractivity contribution >= 4 is 5.97 Å². The maximum absolute atomic E-state index is 12.0. The van der Waals surface area contributed by atoms with Gasteiger partial charge in [0.05, 0.1) is 5.60 Å². The summed E-state index contributed by atoms with van der Waals surface area (Å²) in [7, 11) is 0. The van der Waals surface area contributed by atoms with Gasteiger partial charge in [0.25, 0.3) is 0 Å². The largest absolute Gasteiger partial charge is 0.463 e. The highest BCUT2D eigenvalue weighted by atomic mass is 16.5. The standard InChI is InChI=1S/C29H42O3/c1-20(30)32-23-12-15-27(2)22(19-23)9-10-24-25(27)13-16-28(3)26(24)14-18-29(28,31)17-11-21-7-5-4-6-8-21/h4-8,22-26,31H,9-19H2,1-3H3/t22-,23+,24-,25+,26+,27-,28+,29-/m0/s1. The van der Waals surface area contributed by atoms with Crippen molar-refractivity contribution in [3.8, 4) is 0 Å². The number of carbonyl (C=O) groups excluding carboxylic acids is 1. The molecule has 0 unspecified atom stereocenters. The Balaban J connectivity index is 1.31. The molecule has 0 saturated heterocycles. The van der Waals surface area contributed by atoms with Crippen molar-refractivity contribution in [3.05, 3.63) is 35.9 Å². The van der Waals surface area contributed by atoms with Crippen molar-refractivity contribution in [1.29, 1.82) is 0 Å². The van der Waals surface area contributed by atoms with Crippen molar-refractivity contribution in [3.63, 3.8) is 0 Å². The van der Waals surface area contributed by atoms with Crippen molar-refractivity contribution in [2.75, 3.05) is 0 Å². The molecule has 8 atom stereocenters. The van der Waals surface area contributed by atoms with Gasteiger partial charge in [0, 0.05) is 6.92 Å². The first-order chi connectivity index (χ1) is 15.3. The number of hydrogen-bond acceptors (Lipinski definition) is 3. The second kappa shape index (κ2) is 8.15. The molecule has 3 heteroatoms. The van der Waals surface area contributed by atoms with Crippen molar-refractivity contribution in [2.45, 2.75) is 103 Å². The van der Waals surface area contributed by atoms with E-state index in [1.807, 2.05) is 0 Å². The quantitative estimate of drug-likeness (QED) is 0.559. The first kappa shape index (κ1) is 22.4. The second-order valence-corrected chi connectivity index (χ2v) is 12.2. The number of carbonyl (C=O) groups is 1. The highest BCUT2D eigenvalue weighted by Gasteiger charge is 2.64. The van der Waals surface area contributed by atoms with E-state index in [0.717, 1.165) is 43.9 Å². The highest BCUT2D eigenvalue weighted by molar-refractivity contribution is 5.66. The van der Waals surface area contributed by atoms with E-state index < -0.39 is 5.60 Å². The molecule has 0 amide bonds. The minimum atomic E-state index is -0.525. The van der Waals surface area contributed by atoms with Gasteiger partial charge in [-0.1, -0.05) is 44.2 Å². The van der Waals surface area contributed by atoms with Crippen LogP contribution in [-0.2, 0) is 16.0 Å². The number of fused-ring (bicyclic) bond motifs is 5. The van der Waals surface area contributed by atoms with E-state index >= 15 is 0 Å². The van der Waals surface area contributed by atoms with Gasteiger partial charge in [-0.15, -0.1) is 0 Å². The molecule has 5 rings (SSSR count). The zero-order chi connectivity index (χ0) is 22.6. The molecule has 0 aromatic heterocycles. The fourth-order valence-corrected chi connectivity index (χ4v) is 9.08. The summed E-state index contributed by atoms with van der Waals surface area (Å²) in [6.45, 7) is 6.53. The summed E-state index contributed by atoms with van der Waals surface area (Å²) < 4.78 is 5.63. The summed E-state index contributed by atoms with van der Waals surface area (Å²) in [5.41, 5.74) is 1.26. The lowest BCUT2D eigenvalue weighted by Crippen LogP contribution is -2.57. The topological polar surface area (TPSA) is 46.5 Å². The van der Waals surface area contributed by atoms with E-state index in [1.165, 1.54) is 44.1 Å². The molecule has 4 fully saturated rings. The molecule has 1 N–H and O–H groups in total. The Labute approximate surface area is 194 Å². The van der Waals surface area contributed by atoms with Gasteiger partial charge in [-0.3, -0.25) is 4.79 Å². The zero-order valence-electron chi connectivity index (χ0n) is 20.3. The molecule has 0 radical (unpaired) electrons. The van der Waals surface area contributed by atoms with Gasteiger partial charge in [-0.05, 0) is 111 Å². The Morgan fingerprint density at radius 1 is 1.00 bits per heavy atom. The van der Waals surface area contributed by atoms with Crippen LogP contribution in [0.4, 0.5) is 0 Å². The van der Waals surface area contributed by atoms with Crippen molar-refractivity contribution < 1.29 is 14.6 Å². The smallest absolute Gasteiger partial charge is 0.302 e. The molecule has 4 aliphatic carbocycles. The third-order valence-electron chi connectivity index (χ3n) is 10.9. The predicted octanol–water partition coefficient (Wildman–Crippen LogP) is 6.32. The van der Waals surface area contributed by atoms with E-state index in [0.29, 0.717) is 17.3 Å². The summed E-state index contributed by atoms with van der Waals surface area (Å²) in [5, 5.41) is 12.0. The van der Waals surface area contributed by atoms with Crippen molar-refractivity contribution in [1.82, 2.24) is 0 Å². The van der Waals surface area contributed by atoms with Crippen LogP contribution in [0.1, 0.15) is 90.5 Å². The van der Waals surface area contributed by atoms with Gasteiger partial charge >= 0.3 is 5.97 Å². The van der Waals surface area contributed by atoms with E-state index in [1.54, 1.807) is 6.92 Å². The van der Waals surface area contributed by atoms with Gasteiger partial charge in [0.2, 0.25) is 0 Å². The Hall–Kier alpha value is -1.35. The lowest BCUT2D eigenvalue weighted by Gasteiger charge is -2.61. The monoisotopic (exact) mass is 438 g/mol. The molecule has 0 spiro atoms. The summed E-state index contributed by atoms with van der Waals surface area (Å²) >= 11 is 0. The zero-order valence-corrected chi connectivity index (χ0v) is 20.3. The number of ether oxygens (including phenoxy) is 1. The van der Waals surface area contributed by atoms with Gasteiger partial charge in [-0.25, -0.2) is 0 Å². The summed E-state index contributed by atoms with van der Waals surface area (Å²) in [6.07, 6.45) is 12.4. The summed E-state index contributed by atoms with van der Waals surface area (Å²) in [6, 6.07) is 10.7. The maximum Gasteiger partial charge on any atom is 0.302 e. The molecule has 0 heterocycles. The SMILES string of the molecule is CC(=O)O[C@@H]1CC[C@@]2(C)[C@@H](CC[C@H]3[C@H]2CC[C@]2(C)[C@@H]3CC[C@@]2(O)CCc2ccccc2)C1. The van der Waals surface area contributed by atoms with Crippen LogP contribution in [0.25, 0.3) is 0 Å². The normalized spacial score (nSPS) is 45.4. The molecule has 176 valence electrons. The fourth-order valence-electron chi connectivity index (χ4n) is 9.08. The minimum absolute atomic E-state index is 0.0566. The molecule has 4 saturated carbocycles. The van der Waals surface area contributed by atoms with Crippen molar-refractivity contribution in [2.24, 2.45) is 34.5 Å². The van der Waals surface area contributed by atoms with Crippen LogP contribution in [0.15, 0.2) is 30.3 Å². The molecule has 32 heavy (non-hydrogen) atoms. The summed E-state index contributed by atoms with van der Waals surface area (Å²) in [5.74, 6) is 2.75. The van der Waals surface area contributed by atoms with E-state index in [9.17, 15) is 9.90 Å². The molecule has 0 aliphatic heterocycles. The molecule has 1 aromatic carbocycles. The molecule has 0 bridgehead atoms. The first-order valence-electron chi connectivity index (χ1n) is 13.2. The van der Waals surface area contributed by atoms with Crippen LogP contribution in [0, 0.1) is 34.5 Å². The maximum atomic E-state index is 12.0. The third-order valence-corrected chi connectivity index (χ3v) is 10.9. The Morgan fingerprint density at radius 3 is 2.50 bits per heavy atom. The van der Waals surface area contributed by atoms with E-state index in [2.05, 4.69) is 44.2 Å². The van der Waals surface area contributed by atoms with Gasteiger partial charge in [0.15, 0.2) is 0 Å². The van der Waals surface area contributed by atoms with E-state index in [-0.39, 0.29) is 17.5 Å². The third kappa shape index (κ3) is 3.54. The first-order valence-corrected chi connectivity index (χ1v) is 13.2. The number of esters is 1. The van der Waals surface area contributed by atoms with Crippen LogP contribution < -0.4 is 0 Å². The van der Waals surface area contributed by atoms with Crippen LogP contribution in [0.5, 0.6) is 0 Å². The number of rotatable bonds is 4. The Bertz CT molecular complexity index is 836. The molecule has 1 aromatic rings.